The summed E-state index contributed by atoms with van der Waals surface area (Å²) in [6.45, 7) is 2.72. The highest BCUT2D eigenvalue weighted by molar-refractivity contribution is 6.46. The summed E-state index contributed by atoms with van der Waals surface area (Å²) in [6, 6.07) is 11.0. The molecule has 2 heterocycles. The summed E-state index contributed by atoms with van der Waals surface area (Å²) >= 11 is 12.6. The summed E-state index contributed by atoms with van der Waals surface area (Å²) in [6.07, 6.45) is 0.335. The van der Waals surface area contributed by atoms with Crippen LogP contribution in [0.4, 0.5) is 0 Å². The average molecular weight is 493 g/mol. The second-order valence-electron chi connectivity index (χ2n) is 8.32. The molecule has 0 aliphatic carbocycles. The second-order valence-corrected chi connectivity index (χ2v) is 9.07. The Morgan fingerprint density at radius 2 is 1.94 bits per heavy atom. The minimum absolute atomic E-state index is 0.311. The quantitative estimate of drug-likeness (QED) is 0.314. The van der Waals surface area contributed by atoms with Crippen LogP contribution in [0.25, 0.3) is 10.9 Å². The highest BCUT2D eigenvalue weighted by Crippen LogP contribution is 2.40. The van der Waals surface area contributed by atoms with Gasteiger partial charge >= 0.3 is 5.97 Å². The Balaban J connectivity index is 1.58. The molecule has 9 heteroatoms. The molecular weight excluding hydrogens is 467 g/mol. The van der Waals surface area contributed by atoms with Gasteiger partial charge in [0, 0.05) is 11.5 Å². The third-order valence-electron chi connectivity index (χ3n) is 6.16. The van der Waals surface area contributed by atoms with E-state index in [0.717, 1.165) is 17.5 Å². The molecule has 2 aromatic carbocycles. The van der Waals surface area contributed by atoms with E-state index in [9.17, 15) is 15.0 Å². The molecule has 1 aromatic heterocycles. The van der Waals surface area contributed by atoms with Crippen molar-refractivity contribution in [1.29, 1.82) is 0 Å². The van der Waals surface area contributed by atoms with Crippen molar-refractivity contribution in [2.75, 3.05) is 20.3 Å². The maximum atomic E-state index is 11.6. The van der Waals surface area contributed by atoms with Crippen LogP contribution in [0.5, 0.6) is 5.75 Å². The first-order chi connectivity index (χ1) is 15.8. The molecular formula is C24H26Cl2N2O5. The van der Waals surface area contributed by atoms with Crippen LogP contribution in [0.3, 0.4) is 0 Å². The van der Waals surface area contributed by atoms with E-state index >= 15 is 0 Å². The molecule has 0 spiro atoms. The number of hydrogen-bond acceptors (Lipinski definition) is 5. The van der Waals surface area contributed by atoms with Crippen molar-refractivity contribution in [2.45, 2.75) is 37.5 Å². The first kappa shape index (κ1) is 23.9. The van der Waals surface area contributed by atoms with Crippen LogP contribution >= 0.6 is 23.2 Å². The summed E-state index contributed by atoms with van der Waals surface area (Å²) in [5.74, 6) is -0.915. The lowest BCUT2D eigenvalue weighted by Crippen LogP contribution is -2.58. The van der Waals surface area contributed by atoms with Crippen LogP contribution in [0.15, 0.2) is 36.4 Å². The Labute approximate surface area is 201 Å². The number of carbonyl (C=O) groups is 1. The Kier molecular flexibility index (Phi) is 6.88. The van der Waals surface area contributed by atoms with Gasteiger partial charge in [0.05, 0.1) is 48.0 Å². The fourth-order valence-corrected chi connectivity index (χ4v) is 4.72. The summed E-state index contributed by atoms with van der Waals surface area (Å²) < 4.78 is 10.7. The SMILES string of the molecule is CCCC(C(=O)O)c1ccc(C2(NC(O)c3cc4c(Cl)c(Cl)c(OC)cc4[nH]3)COC2)cc1. The predicted molar refractivity (Wildman–Crippen MR) is 127 cm³/mol. The van der Waals surface area contributed by atoms with Crippen LogP contribution in [-0.4, -0.2) is 41.5 Å². The number of nitrogens with one attached hydrogen (secondary N) is 2. The van der Waals surface area contributed by atoms with Gasteiger partial charge in [0.2, 0.25) is 0 Å². The van der Waals surface area contributed by atoms with E-state index in [1.807, 2.05) is 31.2 Å². The fraction of sp³-hybridized carbons (Fsp3) is 0.375. The number of aromatic nitrogens is 1. The van der Waals surface area contributed by atoms with Gasteiger partial charge in [-0.15, -0.1) is 0 Å². The molecule has 3 aromatic rings. The number of carboxylic acids is 1. The molecule has 7 nitrogen and oxygen atoms in total. The van der Waals surface area contributed by atoms with Crippen molar-refractivity contribution in [1.82, 2.24) is 10.3 Å². The number of fused-ring (bicyclic) bond motifs is 1. The lowest BCUT2D eigenvalue weighted by atomic mass is 9.85. The minimum atomic E-state index is -1.03. The average Bonchev–Trinajstić information content (AvgIpc) is 3.21. The summed E-state index contributed by atoms with van der Waals surface area (Å²) in [4.78, 5) is 14.8. The van der Waals surface area contributed by atoms with Gasteiger partial charge in [-0.2, -0.15) is 0 Å². The molecule has 1 aliphatic heterocycles. The zero-order valence-corrected chi connectivity index (χ0v) is 19.8. The number of H-pyrrole nitrogens is 1. The van der Waals surface area contributed by atoms with Gasteiger partial charge in [-0.3, -0.25) is 10.1 Å². The molecule has 0 radical (unpaired) electrons. The monoisotopic (exact) mass is 492 g/mol. The van der Waals surface area contributed by atoms with E-state index < -0.39 is 23.7 Å². The van der Waals surface area contributed by atoms with Gasteiger partial charge in [0.1, 0.15) is 17.0 Å². The van der Waals surface area contributed by atoms with Crippen molar-refractivity contribution >= 4 is 40.1 Å². The van der Waals surface area contributed by atoms with Crippen LogP contribution in [0.2, 0.25) is 10.0 Å². The molecule has 4 rings (SSSR count). The number of aliphatic carboxylic acids is 1. The third-order valence-corrected chi connectivity index (χ3v) is 7.02. The smallest absolute Gasteiger partial charge is 0.310 e. The Hall–Kier alpha value is -2.29. The second kappa shape index (κ2) is 9.52. The molecule has 33 heavy (non-hydrogen) atoms. The number of benzene rings is 2. The maximum Gasteiger partial charge on any atom is 0.310 e. The fourth-order valence-electron chi connectivity index (χ4n) is 4.24. The molecule has 2 atom stereocenters. The zero-order chi connectivity index (χ0) is 23.8. The van der Waals surface area contributed by atoms with Gasteiger partial charge in [-0.25, -0.2) is 0 Å². The molecule has 2 unspecified atom stereocenters. The van der Waals surface area contributed by atoms with Crippen molar-refractivity contribution in [3.05, 3.63) is 63.3 Å². The van der Waals surface area contributed by atoms with E-state index in [2.05, 4.69) is 10.3 Å². The van der Waals surface area contributed by atoms with Crippen LogP contribution < -0.4 is 10.1 Å². The van der Waals surface area contributed by atoms with Gasteiger partial charge in [0.25, 0.3) is 0 Å². The van der Waals surface area contributed by atoms with Crippen LogP contribution in [0, 0.1) is 0 Å². The Bertz CT molecular complexity index is 1160. The zero-order valence-electron chi connectivity index (χ0n) is 18.3. The number of carboxylic acid groups (broad SMARTS) is 1. The standard InChI is InChI=1S/C24H26Cl2N2O5/c1-3-4-15(23(30)31)13-5-7-14(8-6-13)24(11-33-12-24)28-22(29)18-9-16-17(27-18)10-19(32-2)21(26)20(16)25/h5-10,15,22,27-29H,3-4,11-12H2,1-2H3,(H,30,31). The predicted octanol–water partition coefficient (Wildman–Crippen LogP) is 4.96. The Morgan fingerprint density at radius 1 is 1.24 bits per heavy atom. The Morgan fingerprint density at radius 3 is 2.48 bits per heavy atom. The normalized spacial score (nSPS) is 16.9. The summed E-state index contributed by atoms with van der Waals surface area (Å²) in [7, 11) is 1.51. The first-order valence-electron chi connectivity index (χ1n) is 10.7. The molecule has 0 amide bonds. The molecule has 0 bridgehead atoms. The topological polar surface area (TPSA) is 104 Å². The van der Waals surface area contributed by atoms with E-state index in [1.54, 1.807) is 12.1 Å². The van der Waals surface area contributed by atoms with E-state index in [4.69, 9.17) is 32.7 Å². The van der Waals surface area contributed by atoms with Crippen molar-refractivity contribution < 1.29 is 24.5 Å². The summed E-state index contributed by atoms with van der Waals surface area (Å²) in [5, 5.41) is 25.1. The van der Waals surface area contributed by atoms with Gasteiger partial charge in [0.15, 0.2) is 0 Å². The number of aliphatic hydroxyl groups excluding tert-OH is 1. The number of aliphatic hydroxyl groups is 1. The van der Waals surface area contributed by atoms with Gasteiger partial charge in [-0.05, 0) is 23.6 Å². The number of rotatable bonds is 9. The molecule has 176 valence electrons. The summed E-state index contributed by atoms with van der Waals surface area (Å²) in [5.41, 5.74) is 2.29. The van der Waals surface area contributed by atoms with E-state index in [0.29, 0.717) is 52.0 Å². The third kappa shape index (κ3) is 4.44. The molecule has 1 aliphatic rings. The van der Waals surface area contributed by atoms with Crippen LogP contribution in [-0.2, 0) is 15.1 Å². The molecule has 1 saturated heterocycles. The van der Waals surface area contributed by atoms with Crippen molar-refractivity contribution in [2.24, 2.45) is 0 Å². The van der Waals surface area contributed by atoms with Crippen LogP contribution in [0.1, 0.15) is 48.7 Å². The lowest BCUT2D eigenvalue weighted by molar-refractivity contribution is -0.139. The highest BCUT2D eigenvalue weighted by Gasteiger charge is 2.42. The molecule has 0 saturated carbocycles. The van der Waals surface area contributed by atoms with Gasteiger partial charge in [-0.1, -0.05) is 60.8 Å². The molecule has 1 fully saturated rings. The van der Waals surface area contributed by atoms with E-state index in [1.165, 1.54) is 7.11 Å². The van der Waals surface area contributed by atoms with Crippen molar-refractivity contribution in [3.8, 4) is 5.75 Å². The first-order valence-corrected chi connectivity index (χ1v) is 11.5. The highest BCUT2D eigenvalue weighted by atomic mass is 35.5. The van der Waals surface area contributed by atoms with E-state index in [-0.39, 0.29) is 0 Å². The minimum Gasteiger partial charge on any atom is -0.495 e. The van der Waals surface area contributed by atoms with Crippen molar-refractivity contribution in [3.63, 3.8) is 0 Å². The lowest BCUT2D eigenvalue weighted by Gasteiger charge is -2.44. The number of hydrogen-bond donors (Lipinski definition) is 4. The molecule has 4 N–H and O–H groups in total. The number of methoxy groups -OCH3 is 1. The van der Waals surface area contributed by atoms with Gasteiger partial charge < -0.3 is 24.7 Å². The number of halogens is 2. The maximum absolute atomic E-state index is 11.6. The number of aromatic amines is 1. The number of ether oxygens (including phenoxy) is 2. The largest absolute Gasteiger partial charge is 0.495 e.